The highest BCUT2D eigenvalue weighted by molar-refractivity contribution is 6.31. The fraction of sp³-hybridized carbons (Fsp3) is 0.474. The van der Waals surface area contributed by atoms with Gasteiger partial charge in [-0.05, 0) is 37.1 Å². The minimum Gasteiger partial charge on any atom is -0.465 e. The molecular weight excluding hydrogens is 342 g/mol. The third kappa shape index (κ3) is 2.41. The zero-order valence-corrected chi connectivity index (χ0v) is 15.0. The van der Waals surface area contributed by atoms with Gasteiger partial charge in [-0.1, -0.05) is 30.7 Å². The number of amides is 1. The molecule has 1 spiro atoms. The summed E-state index contributed by atoms with van der Waals surface area (Å²) in [5, 5.41) is 0.659. The summed E-state index contributed by atoms with van der Waals surface area (Å²) in [5.41, 5.74) is 0.948. The second kappa shape index (κ2) is 5.85. The van der Waals surface area contributed by atoms with Gasteiger partial charge >= 0.3 is 5.97 Å². The van der Waals surface area contributed by atoms with Gasteiger partial charge in [-0.3, -0.25) is 9.59 Å². The maximum absolute atomic E-state index is 13.1. The highest BCUT2D eigenvalue weighted by atomic mass is 35.5. The lowest BCUT2D eigenvalue weighted by Gasteiger charge is -2.22. The quantitative estimate of drug-likeness (QED) is 0.611. The highest BCUT2D eigenvalue weighted by Gasteiger charge is 2.67. The van der Waals surface area contributed by atoms with Crippen molar-refractivity contribution < 1.29 is 19.1 Å². The molecule has 0 aromatic heterocycles. The average molecular weight is 362 g/mol. The van der Waals surface area contributed by atoms with Crippen LogP contribution >= 0.6 is 11.6 Å². The zero-order valence-electron chi connectivity index (χ0n) is 14.2. The molecular formula is C19H20ClNO4. The molecule has 1 aromatic carbocycles. The van der Waals surface area contributed by atoms with Gasteiger partial charge in [0.1, 0.15) is 11.5 Å². The maximum atomic E-state index is 13.1. The predicted molar refractivity (Wildman–Crippen MR) is 93.5 cm³/mol. The lowest BCUT2D eigenvalue weighted by molar-refractivity contribution is -0.152. The Bertz CT molecular complexity index is 777. The number of anilines is 1. The molecule has 0 unspecified atom stereocenters. The SMILES string of the molecule is CCCOC(=O)[C@@H]1[C@H]2C=C[C@@]3(CN(c4ccc(Cl)c(C)c4)C(=O)[C@@H]13)O2. The standard InChI is InChI=1S/C19H20ClNO4/c1-3-8-24-18(23)15-14-6-7-19(25-14)10-21(17(22)16(15)19)12-4-5-13(20)11(2)9-12/h4-7,9,14-16H,3,8,10H2,1-2H3/t14-,15-,16-,19+/m1/s1. The number of carbonyl (C=O) groups excluding carboxylic acids is 2. The normalized spacial score (nSPS) is 32.4. The lowest BCUT2D eigenvalue weighted by Crippen LogP contribution is -2.40. The van der Waals surface area contributed by atoms with Gasteiger partial charge in [-0.2, -0.15) is 0 Å². The molecule has 1 aromatic rings. The second-order valence-corrected chi connectivity index (χ2v) is 7.33. The van der Waals surface area contributed by atoms with Crippen molar-refractivity contribution in [1.82, 2.24) is 0 Å². The van der Waals surface area contributed by atoms with Gasteiger partial charge in [-0.15, -0.1) is 0 Å². The van der Waals surface area contributed by atoms with Crippen molar-refractivity contribution in [1.29, 1.82) is 0 Å². The zero-order chi connectivity index (χ0) is 17.8. The number of fused-ring (bicyclic) bond motifs is 1. The monoisotopic (exact) mass is 361 g/mol. The van der Waals surface area contributed by atoms with Gasteiger partial charge in [0.15, 0.2) is 0 Å². The van der Waals surface area contributed by atoms with E-state index in [1.165, 1.54) is 0 Å². The molecule has 0 N–H and O–H groups in total. The fourth-order valence-electron chi connectivity index (χ4n) is 4.08. The number of halogens is 1. The van der Waals surface area contributed by atoms with E-state index in [0.29, 0.717) is 18.2 Å². The molecule has 0 aliphatic carbocycles. The number of esters is 1. The van der Waals surface area contributed by atoms with Crippen LogP contribution in [0, 0.1) is 18.8 Å². The Balaban J connectivity index is 1.65. The molecule has 4 atom stereocenters. The number of benzene rings is 1. The first-order valence-corrected chi connectivity index (χ1v) is 8.96. The molecule has 25 heavy (non-hydrogen) atoms. The Kier molecular flexibility index (Phi) is 3.89. The first-order valence-electron chi connectivity index (χ1n) is 8.58. The van der Waals surface area contributed by atoms with Crippen LogP contribution in [0.3, 0.4) is 0 Å². The van der Waals surface area contributed by atoms with Crippen LogP contribution in [0.4, 0.5) is 5.69 Å². The number of carbonyl (C=O) groups is 2. The number of hydrogen-bond donors (Lipinski definition) is 0. The van der Waals surface area contributed by atoms with Crippen molar-refractivity contribution in [3.05, 3.63) is 40.9 Å². The summed E-state index contributed by atoms with van der Waals surface area (Å²) in [5.74, 6) is -1.53. The number of ether oxygens (including phenoxy) is 2. The largest absolute Gasteiger partial charge is 0.465 e. The summed E-state index contributed by atoms with van der Waals surface area (Å²) in [6.07, 6.45) is 4.21. The Morgan fingerprint density at radius 1 is 1.48 bits per heavy atom. The summed E-state index contributed by atoms with van der Waals surface area (Å²) in [7, 11) is 0. The molecule has 1 amide bonds. The summed E-state index contributed by atoms with van der Waals surface area (Å²) < 4.78 is 11.4. The van der Waals surface area contributed by atoms with E-state index in [1.807, 2.05) is 38.1 Å². The molecule has 2 bridgehead atoms. The van der Waals surface area contributed by atoms with Crippen LogP contribution in [0.2, 0.25) is 5.02 Å². The number of rotatable bonds is 4. The first-order chi connectivity index (χ1) is 12.0. The van der Waals surface area contributed by atoms with Crippen LogP contribution < -0.4 is 4.90 Å². The Morgan fingerprint density at radius 2 is 2.28 bits per heavy atom. The van der Waals surface area contributed by atoms with E-state index in [4.69, 9.17) is 21.1 Å². The topological polar surface area (TPSA) is 55.8 Å². The van der Waals surface area contributed by atoms with Crippen molar-refractivity contribution in [3.8, 4) is 0 Å². The van der Waals surface area contributed by atoms with E-state index in [9.17, 15) is 9.59 Å². The Labute approximate surface area is 151 Å². The summed E-state index contributed by atoms with van der Waals surface area (Å²) >= 11 is 6.09. The van der Waals surface area contributed by atoms with Crippen LogP contribution in [-0.4, -0.2) is 36.7 Å². The third-order valence-electron chi connectivity index (χ3n) is 5.27. The average Bonchev–Trinajstić information content (AvgIpc) is 3.23. The Morgan fingerprint density at radius 3 is 3.00 bits per heavy atom. The number of aryl methyl sites for hydroxylation is 1. The van der Waals surface area contributed by atoms with Crippen LogP contribution in [0.1, 0.15) is 18.9 Å². The first kappa shape index (κ1) is 16.6. The van der Waals surface area contributed by atoms with Gasteiger partial charge < -0.3 is 14.4 Å². The van der Waals surface area contributed by atoms with Crippen LogP contribution in [0.25, 0.3) is 0 Å². The van der Waals surface area contributed by atoms with Crippen molar-refractivity contribution in [2.24, 2.45) is 11.8 Å². The molecule has 0 saturated carbocycles. The summed E-state index contributed by atoms with van der Waals surface area (Å²) in [4.78, 5) is 27.3. The van der Waals surface area contributed by atoms with Gasteiger partial charge in [0.25, 0.3) is 0 Å². The van der Waals surface area contributed by atoms with Gasteiger partial charge in [0.2, 0.25) is 5.91 Å². The van der Waals surface area contributed by atoms with E-state index in [1.54, 1.807) is 11.0 Å². The smallest absolute Gasteiger partial charge is 0.312 e. The molecule has 6 heteroatoms. The van der Waals surface area contributed by atoms with E-state index >= 15 is 0 Å². The maximum Gasteiger partial charge on any atom is 0.312 e. The minimum absolute atomic E-state index is 0.0907. The highest BCUT2D eigenvalue weighted by Crippen LogP contribution is 2.53. The van der Waals surface area contributed by atoms with Crippen molar-refractivity contribution in [3.63, 3.8) is 0 Å². The van der Waals surface area contributed by atoms with Crippen molar-refractivity contribution >= 4 is 29.2 Å². The molecule has 4 rings (SSSR count). The minimum atomic E-state index is -0.731. The van der Waals surface area contributed by atoms with Crippen LogP contribution in [0.15, 0.2) is 30.4 Å². The van der Waals surface area contributed by atoms with E-state index in [2.05, 4.69) is 0 Å². The third-order valence-corrected chi connectivity index (χ3v) is 5.70. The molecule has 2 fully saturated rings. The van der Waals surface area contributed by atoms with Crippen LogP contribution in [0.5, 0.6) is 0 Å². The van der Waals surface area contributed by atoms with Gasteiger partial charge in [-0.25, -0.2) is 0 Å². The lowest BCUT2D eigenvalue weighted by atomic mass is 9.77. The number of nitrogens with zero attached hydrogens (tertiary/aromatic N) is 1. The Hall–Kier alpha value is -1.85. The summed E-state index contributed by atoms with van der Waals surface area (Å²) in [6.45, 7) is 4.61. The summed E-state index contributed by atoms with van der Waals surface area (Å²) in [6, 6.07) is 5.50. The fourth-order valence-corrected chi connectivity index (χ4v) is 4.20. The number of hydrogen-bond acceptors (Lipinski definition) is 4. The molecule has 3 aliphatic heterocycles. The molecule has 5 nitrogen and oxygen atoms in total. The predicted octanol–water partition coefficient (Wildman–Crippen LogP) is 2.89. The van der Waals surface area contributed by atoms with Crippen molar-refractivity contribution in [2.75, 3.05) is 18.1 Å². The van der Waals surface area contributed by atoms with E-state index in [0.717, 1.165) is 17.7 Å². The second-order valence-electron chi connectivity index (χ2n) is 6.93. The van der Waals surface area contributed by atoms with Crippen LogP contribution in [-0.2, 0) is 19.1 Å². The molecule has 3 heterocycles. The van der Waals surface area contributed by atoms with Gasteiger partial charge in [0, 0.05) is 10.7 Å². The van der Waals surface area contributed by atoms with E-state index in [-0.39, 0.29) is 18.0 Å². The molecule has 2 saturated heterocycles. The molecule has 0 radical (unpaired) electrons. The molecule has 3 aliphatic rings. The van der Waals surface area contributed by atoms with E-state index < -0.39 is 17.4 Å². The molecule has 132 valence electrons. The van der Waals surface area contributed by atoms with Crippen molar-refractivity contribution in [2.45, 2.75) is 32.0 Å². The van der Waals surface area contributed by atoms with Gasteiger partial charge in [0.05, 0.1) is 25.2 Å².